The van der Waals surface area contributed by atoms with Crippen molar-refractivity contribution in [1.82, 2.24) is 15.4 Å². The van der Waals surface area contributed by atoms with Crippen LogP contribution in [0, 0.1) is 0 Å². The fourth-order valence-electron chi connectivity index (χ4n) is 2.63. The summed E-state index contributed by atoms with van der Waals surface area (Å²) in [6.07, 6.45) is -0.728. The van der Waals surface area contributed by atoms with Crippen LogP contribution >= 0.6 is 0 Å². The van der Waals surface area contributed by atoms with Crippen molar-refractivity contribution >= 4 is 0 Å². The van der Waals surface area contributed by atoms with Gasteiger partial charge in [-0.05, 0) is 25.0 Å². The molecule has 2 aliphatic rings. The van der Waals surface area contributed by atoms with Gasteiger partial charge in [0.25, 0.3) is 0 Å². The van der Waals surface area contributed by atoms with Gasteiger partial charge in [0, 0.05) is 19.3 Å². The van der Waals surface area contributed by atoms with Gasteiger partial charge in [-0.15, -0.1) is 0 Å². The van der Waals surface area contributed by atoms with Gasteiger partial charge >= 0.3 is 6.18 Å². The number of aromatic nitrogens is 1. The highest BCUT2D eigenvalue weighted by Gasteiger charge is 2.33. The third-order valence-corrected chi connectivity index (χ3v) is 3.68. The molecule has 1 N–H and O–H groups in total. The summed E-state index contributed by atoms with van der Waals surface area (Å²) >= 11 is 0. The van der Waals surface area contributed by atoms with Crippen molar-refractivity contribution in [2.45, 2.75) is 37.8 Å². The maximum absolute atomic E-state index is 12.4. The summed E-state index contributed by atoms with van der Waals surface area (Å²) in [5.41, 5.74) is 3.08. The number of hydrogen-bond acceptors (Lipinski definition) is 4. The monoisotopic (exact) mass is 287 g/mol. The standard InChI is InChI=1S/C13H16F3N3O/c14-13(15,16)9-1-2-10(17-5-9)6-18-19-7-11-3-4-12(8-19)20-11/h1-2,5,11-12,18H,3-4,6-8H2/t11-,12+. The summed E-state index contributed by atoms with van der Waals surface area (Å²) in [6.45, 7) is 2.06. The Labute approximate surface area is 114 Å². The number of hydrogen-bond donors (Lipinski definition) is 1. The molecule has 2 saturated heterocycles. The van der Waals surface area contributed by atoms with Crippen molar-refractivity contribution in [2.24, 2.45) is 0 Å². The Kier molecular flexibility index (Phi) is 3.66. The van der Waals surface area contributed by atoms with Crippen LogP contribution in [0.25, 0.3) is 0 Å². The smallest absolute Gasteiger partial charge is 0.372 e. The topological polar surface area (TPSA) is 37.4 Å². The molecule has 2 bridgehead atoms. The van der Waals surface area contributed by atoms with Crippen molar-refractivity contribution in [2.75, 3.05) is 13.1 Å². The summed E-state index contributed by atoms with van der Waals surface area (Å²) in [7, 11) is 0. The maximum atomic E-state index is 12.4. The van der Waals surface area contributed by atoms with E-state index in [4.69, 9.17) is 4.74 Å². The summed E-state index contributed by atoms with van der Waals surface area (Å²) in [4.78, 5) is 3.84. The lowest BCUT2D eigenvalue weighted by atomic mass is 10.2. The first-order valence-electron chi connectivity index (χ1n) is 6.67. The Morgan fingerprint density at radius 1 is 1.25 bits per heavy atom. The van der Waals surface area contributed by atoms with Crippen LogP contribution in [-0.4, -0.2) is 35.3 Å². The Morgan fingerprint density at radius 3 is 2.50 bits per heavy atom. The van der Waals surface area contributed by atoms with Crippen molar-refractivity contribution in [3.05, 3.63) is 29.6 Å². The summed E-state index contributed by atoms with van der Waals surface area (Å²) in [5.74, 6) is 0. The highest BCUT2D eigenvalue weighted by molar-refractivity contribution is 5.16. The molecule has 110 valence electrons. The van der Waals surface area contributed by atoms with E-state index in [2.05, 4.69) is 15.4 Å². The number of fused-ring (bicyclic) bond motifs is 2. The lowest BCUT2D eigenvalue weighted by molar-refractivity contribution is -0.137. The second kappa shape index (κ2) is 5.31. The SMILES string of the molecule is FC(F)(F)c1ccc(CNN2C[C@H]3CC[C@@H](C2)O3)nc1. The third kappa shape index (κ3) is 3.11. The Bertz CT molecular complexity index is 451. The van der Waals surface area contributed by atoms with E-state index >= 15 is 0 Å². The van der Waals surface area contributed by atoms with Crippen molar-refractivity contribution in [3.8, 4) is 0 Å². The molecular formula is C13H16F3N3O. The molecule has 0 unspecified atom stereocenters. The molecule has 0 radical (unpaired) electrons. The normalized spacial score (nSPS) is 26.9. The number of ether oxygens (including phenoxy) is 1. The number of nitrogens with one attached hydrogen (secondary N) is 1. The predicted octanol–water partition coefficient (Wildman–Crippen LogP) is 1.97. The lowest BCUT2D eigenvalue weighted by Crippen LogP contribution is -2.49. The molecule has 2 fully saturated rings. The molecule has 2 atom stereocenters. The fraction of sp³-hybridized carbons (Fsp3) is 0.615. The highest BCUT2D eigenvalue weighted by Crippen LogP contribution is 2.28. The number of alkyl halides is 3. The molecule has 0 amide bonds. The van der Waals surface area contributed by atoms with Gasteiger partial charge in [0.1, 0.15) is 0 Å². The first kappa shape index (κ1) is 13.8. The van der Waals surface area contributed by atoms with Crippen LogP contribution in [0.1, 0.15) is 24.1 Å². The predicted molar refractivity (Wildman–Crippen MR) is 65.5 cm³/mol. The average molecular weight is 287 g/mol. The van der Waals surface area contributed by atoms with Gasteiger partial charge in [0.05, 0.1) is 30.0 Å². The quantitative estimate of drug-likeness (QED) is 0.922. The van der Waals surface area contributed by atoms with Crippen LogP contribution in [-0.2, 0) is 17.5 Å². The van der Waals surface area contributed by atoms with Gasteiger partial charge in [-0.25, -0.2) is 10.4 Å². The zero-order chi connectivity index (χ0) is 14.2. The van der Waals surface area contributed by atoms with E-state index in [1.807, 2.05) is 0 Å². The van der Waals surface area contributed by atoms with Crippen LogP contribution in [0.2, 0.25) is 0 Å². The van der Waals surface area contributed by atoms with Gasteiger partial charge in [-0.3, -0.25) is 4.98 Å². The second-order valence-corrected chi connectivity index (χ2v) is 5.23. The minimum Gasteiger partial charge on any atom is -0.372 e. The molecule has 2 aliphatic heterocycles. The minimum atomic E-state index is -4.33. The molecule has 3 heterocycles. The minimum absolute atomic E-state index is 0.279. The molecule has 7 heteroatoms. The van der Waals surface area contributed by atoms with Gasteiger partial charge in [-0.2, -0.15) is 13.2 Å². The fourth-order valence-corrected chi connectivity index (χ4v) is 2.63. The average Bonchev–Trinajstić information content (AvgIpc) is 2.75. The zero-order valence-corrected chi connectivity index (χ0v) is 10.9. The Hall–Kier alpha value is -1.18. The van der Waals surface area contributed by atoms with E-state index in [0.29, 0.717) is 12.2 Å². The first-order chi connectivity index (χ1) is 9.50. The van der Waals surface area contributed by atoms with Gasteiger partial charge < -0.3 is 4.74 Å². The lowest BCUT2D eigenvalue weighted by Gasteiger charge is -2.32. The van der Waals surface area contributed by atoms with Gasteiger partial charge in [0.15, 0.2) is 0 Å². The summed E-state index contributed by atoms with van der Waals surface area (Å²) in [5, 5.41) is 2.07. The molecule has 4 nitrogen and oxygen atoms in total. The van der Waals surface area contributed by atoms with Gasteiger partial charge in [0.2, 0.25) is 0 Å². The number of hydrazine groups is 1. The Morgan fingerprint density at radius 2 is 1.95 bits per heavy atom. The van der Waals surface area contributed by atoms with Crippen LogP contribution in [0.3, 0.4) is 0 Å². The zero-order valence-electron chi connectivity index (χ0n) is 10.9. The molecule has 20 heavy (non-hydrogen) atoms. The number of halogens is 3. The second-order valence-electron chi connectivity index (χ2n) is 5.23. The molecule has 0 aliphatic carbocycles. The number of pyridine rings is 1. The molecule has 0 aromatic carbocycles. The van der Waals surface area contributed by atoms with Crippen LogP contribution in [0.5, 0.6) is 0 Å². The largest absolute Gasteiger partial charge is 0.417 e. The maximum Gasteiger partial charge on any atom is 0.417 e. The number of morpholine rings is 1. The third-order valence-electron chi connectivity index (χ3n) is 3.68. The van der Waals surface area contributed by atoms with E-state index in [-0.39, 0.29) is 12.2 Å². The number of rotatable bonds is 3. The van der Waals surface area contributed by atoms with E-state index < -0.39 is 11.7 Å². The molecule has 3 rings (SSSR count). The van der Waals surface area contributed by atoms with Gasteiger partial charge in [-0.1, -0.05) is 0 Å². The highest BCUT2D eigenvalue weighted by atomic mass is 19.4. The van der Waals surface area contributed by atoms with E-state index in [9.17, 15) is 13.2 Å². The van der Waals surface area contributed by atoms with Crippen molar-refractivity contribution in [1.29, 1.82) is 0 Å². The Balaban J connectivity index is 1.53. The van der Waals surface area contributed by atoms with E-state index in [1.165, 1.54) is 6.07 Å². The molecule has 0 spiro atoms. The molecular weight excluding hydrogens is 271 g/mol. The summed E-state index contributed by atoms with van der Waals surface area (Å²) in [6, 6.07) is 2.47. The number of nitrogens with zero attached hydrogens (tertiary/aromatic N) is 2. The van der Waals surface area contributed by atoms with Crippen LogP contribution in [0.4, 0.5) is 13.2 Å². The molecule has 1 aromatic heterocycles. The van der Waals surface area contributed by atoms with Crippen molar-refractivity contribution in [3.63, 3.8) is 0 Å². The molecule has 1 aromatic rings. The summed E-state index contributed by atoms with van der Waals surface area (Å²) < 4.78 is 42.9. The van der Waals surface area contributed by atoms with Crippen LogP contribution in [0.15, 0.2) is 18.3 Å². The van der Waals surface area contributed by atoms with Crippen LogP contribution < -0.4 is 5.43 Å². The first-order valence-corrected chi connectivity index (χ1v) is 6.67. The van der Waals surface area contributed by atoms with E-state index in [1.54, 1.807) is 0 Å². The molecule has 0 saturated carbocycles. The van der Waals surface area contributed by atoms with E-state index in [0.717, 1.165) is 38.2 Å². The van der Waals surface area contributed by atoms with Crippen molar-refractivity contribution < 1.29 is 17.9 Å².